The Hall–Kier alpha value is -1.80. The van der Waals surface area contributed by atoms with Crippen molar-refractivity contribution in [3.8, 4) is 0 Å². The molecule has 0 saturated carbocycles. The fourth-order valence-corrected chi connectivity index (χ4v) is 2.90. The van der Waals surface area contributed by atoms with Crippen LogP contribution in [-0.2, 0) is 6.42 Å². The molecule has 1 aromatic carbocycles. The summed E-state index contributed by atoms with van der Waals surface area (Å²) < 4.78 is 0. The lowest BCUT2D eigenvalue weighted by Crippen LogP contribution is -2.34. The molecule has 0 fully saturated rings. The molecule has 2 unspecified atom stereocenters. The summed E-state index contributed by atoms with van der Waals surface area (Å²) in [7, 11) is 2.06. The smallest absolute Gasteiger partial charge is 0.0456 e. The molecule has 1 aromatic heterocycles. The van der Waals surface area contributed by atoms with E-state index in [1.54, 1.807) is 0 Å². The third-order valence-electron chi connectivity index (χ3n) is 4.02. The summed E-state index contributed by atoms with van der Waals surface area (Å²) in [5.41, 5.74) is 2.63. The zero-order valence-corrected chi connectivity index (χ0v) is 11.3. The maximum absolute atomic E-state index is 3.48. The molecule has 0 aliphatic heterocycles. The van der Waals surface area contributed by atoms with Crippen LogP contribution in [-0.4, -0.2) is 18.1 Å². The van der Waals surface area contributed by atoms with Crippen LogP contribution in [0.4, 0.5) is 0 Å². The van der Waals surface area contributed by atoms with Crippen LogP contribution in [0, 0.1) is 5.92 Å². The minimum absolute atomic E-state index is 0.486. The average Bonchev–Trinajstić information content (AvgIpc) is 2.89. The highest BCUT2D eigenvalue weighted by molar-refractivity contribution is 5.83. The third-order valence-corrected chi connectivity index (χ3v) is 4.02. The fraction of sp³-hybridized carbons (Fsp3) is 0.294. The summed E-state index contributed by atoms with van der Waals surface area (Å²) in [6.45, 7) is 0. The van der Waals surface area contributed by atoms with Crippen molar-refractivity contribution in [2.24, 2.45) is 5.92 Å². The van der Waals surface area contributed by atoms with Crippen LogP contribution >= 0.6 is 0 Å². The Morgan fingerprint density at radius 2 is 2.21 bits per heavy atom. The van der Waals surface area contributed by atoms with E-state index in [4.69, 9.17) is 0 Å². The largest absolute Gasteiger partial charge is 0.361 e. The van der Waals surface area contributed by atoms with Gasteiger partial charge in [-0.1, -0.05) is 42.5 Å². The molecule has 0 amide bonds. The number of hydrogen-bond acceptors (Lipinski definition) is 1. The molecule has 0 radical (unpaired) electrons. The second-order valence-corrected chi connectivity index (χ2v) is 5.17. The topological polar surface area (TPSA) is 27.8 Å². The highest BCUT2D eigenvalue weighted by atomic mass is 14.9. The van der Waals surface area contributed by atoms with Gasteiger partial charge in [0.25, 0.3) is 0 Å². The Bertz CT molecular complexity index is 607. The van der Waals surface area contributed by atoms with Crippen molar-refractivity contribution in [3.05, 3.63) is 60.3 Å². The number of para-hydroxylation sites is 1. The number of aromatic amines is 1. The summed E-state index contributed by atoms with van der Waals surface area (Å²) in [4.78, 5) is 3.36. The highest BCUT2D eigenvalue weighted by Gasteiger charge is 2.19. The number of H-pyrrole nitrogens is 1. The summed E-state index contributed by atoms with van der Waals surface area (Å²) >= 11 is 0. The second kappa shape index (κ2) is 5.45. The number of allylic oxidation sites excluding steroid dienone is 3. The molecule has 0 bridgehead atoms. The van der Waals surface area contributed by atoms with Crippen LogP contribution in [0.3, 0.4) is 0 Å². The van der Waals surface area contributed by atoms with E-state index in [0.717, 1.165) is 12.8 Å². The van der Waals surface area contributed by atoms with Crippen LogP contribution in [0.2, 0.25) is 0 Å². The Morgan fingerprint density at radius 1 is 1.32 bits per heavy atom. The zero-order chi connectivity index (χ0) is 13.1. The van der Waals surface area contributed by atoms with E-state index >= 15 is 0 Å². The molecule has 0 spiro atoms. The molecule has 1 aliphatic rings. The van der Waals surface area contributed by atoms with Gasteiger partial charge < -0.3 is 10.3 Å². The molecule has 2 nitrogen and oxygen atoms in total. The van der Waals surface area contributed by atoms with Gasteiger partial charge in [0, 0.05) is 23.1 Å². The molecule has 2 atom stereocenters. The second-order valence-electron chi connectivity index (χ2n) is 5.17. The SMILES string of the molecule is CNC(Cc1c[nH]c2ccccc12)C1C=CC=CC1. The van der Waals surface area contributed by atoms with Gasteiger partial charge in [0.15, 0.2) is 0 Å². The van der Waals surface area contributed by atoms with E-state index in [9.17, 15) is 0 Å². The van der Waals surface area contributed by atoms with Crippen LogP contribution in [0.5, 0.6) is 0 Å². The van der Waals surface area contributed by atoms with Crippen molar-refractivity contribution < 1.29 is 0 Å². The lowest BCUT2D eigenvalue weighted by molar-refractivity contribution is 0.434. The number of likely N-dealkylation sites (N-methyl/N-ethyl adjacent to an activating group) is 1. The minimum Gasteiger partial charge on any atom is -0.361 e. The van der Waals surface area contributed by atoms with Gasteiger partial charge in [0.05, 0.1) is 0 Å². The molecule has 2 heteroatoms. The van der Waals surface area contributed by atoms with Gasteiger partial charge in [-0.3, -0.25) is 0 Å². The molecule has 98 valence electrons. The standard InChI is InChI=1S/C17H20N2/c1-18-17(13-7-3-2-4-8-13)11-14-12-19-16-10-6-5-9-15(14)16/h2-7,9-10,12-13,17-19H,8,11H2,1H3. The number of aromatic nitrogens is 1. The zero-order valence-electron chi connectivity index (χ0n) is 11.3. The third kappa shape index (κ3) is 2.49. The molecule has 1 aliphatic carbocycles. The molecule has 3 rings (SSSR count). The van der Waals surface area contributed by atoms with Gasteiger partial charge in [-0.15, -0.1) is 0 Å². The molecule has 1 heterocycles. The lowest BCUT2D eigenvalue weighted by Gasteiger charge is -2.24. The molecular formula is C17H20N2. The van der Waals surface area contributed by atoms with Gasteiger partial charge in [-0.2, -0.15) is 0 Å². The van der Waals surface area contributed by atoms with Crippen molar-refractivity contribution in [3.63, 3.8) is 0 Å². The lowest BCUT2D eigenvalue weighted by atomic mass is 9.88. The van der Waals surface area contributed by atoms with Gasteiger partial charge in [0.1, 0.15) is 0 Å². The summed E-state index contributed by atoms with van der Waals surface area (Å²) in [6.07, 6.45) is 13.2. The van der Waals surface area contributed by atoms with Crippen LogP contribution in [0.1, 0.15) is 12.0 Å². The minimum atomic E-state index is 0.486. The van der Waals surface area contributed by atoms with Crippen molar-refractivity contribution in [1.29, 1.82) is 0 Å². The van der Waals surface area contributed by atoms with E-state index < -0.39 is 0 Å². The van der Waals surface area contributed by atoms with Gasteiger partial charge in [0.2, 0.25) is 0 Å². The van der Waals surface area contributed by atoms with E-state index in [2.05, 4.69) is 72.1 Å². The molecule has 2 N–H and O–H groups in total. The molecule has 0 saturated heterocycles. The Balaban J connectivity index is 1.82. The van der Waals surface area contributed by atoms with Crippen LogP contribution in [0.15, 0.2) is 54.8 Å². The average molecular weight is 252 g/mol. The number of benzene rings is 1. The van der Waals surface area contributed by atoms with Gasteiger partial charge in [-0.05, 0) is 37.4 Å². The predicted molar refractivity (Wildman–Crippen MR) is 81.2 cm³/mol. The molecular weight excluding hydrogens is 232 g/mol. The maximum atomic E-state index is 3.48. The van der Waals surface area contributed by atoms with Crippen LogP contribution < -0.4 is 5.32 Å². The van der Waals surface area contributed by atoms with Gasteiger partial charge in [-0.25, -0.2) is 0 Å². The van der Waals surface area contributed by atoms with Crippen LogP contribution in [0.25, 0.3) is 10.9 Å². The first-order valence-corrected chi connectivity index (χ1v) is 6.94. The summed E-state index contributed by atoms with van der Waals surface area (Å²) in [5, 5.41) is 4.82. The summed E-state index contributed by atoms with van der Waals surface area (Å²) in [6, 6.07) is 9.01. The monoisotopic (exact) mass is 252 g/mol. The first-order chi connectivity index (χ1) is 9.38. The van der Waals surface area contributed by atoms with E-state index in [0.29, 0.717) is 12.0 Å². The Labute approximate surface area is 114 Å². The number of rotatable bonds is 4. The maximum Gasteiger partial charge on any atom is 0.0456 e. The van der Waals surface area contributed by atoms with Gasteiger partial charge >= 0.3 is 0 Å². The molecule has 2 aromatic rings. The quantitative estimate of drug-likeness (QED) is 0.857. The van der Waals surface area contributed by atoms with E-state index in [1.165, 1.54) is 16.5 Å². The van der Waals surface area contributed by atoms with Crippen molar-refractivity contribution in [2.75, 3.05) is 7.05 Å². The first kappa shape index (κ1) is 12.2. The Kier molecular flexibility index (Phi) is 3.51. The normalized spacial score (nSPS) is 19.9. The van der Waals surface area contributed by atoms with Crippen molar-refractivity contribution in [1.82, 2.24) is 10.3 Å². The van der Waals surface area contributed by atoms with Crippen molar-refractivity contribution in [2.45, 2.75) is 18.9 Å². The number of nitrogens with one attached hydrogen (secondary N) is 2. The van der Waals surface area contributed by atoms with Crippen molar-refractivity contribution >= 4 is 10.9 Å². The molecule has 19 heavy (non-hydrogen) atoms. The van der Waals surface area contributed by atoms with E-state index in [-0.39, 0.29) is 0 Å². The fourth-order valence-electron chi connectivity index (χ4n) is 2.90. The predicted octanol–water partition coefficient (Wildman–Crippen LogP) is 3.43. The highest BCUT2D eigenvalue weighted by Crippen LogP contribution is 2.23. The van der Waals surface area contributed by atoms with E-state index in [1.807, 2.05) is 0 Å². The Morgan fingerprint density at radius 3 is 3.00 bits per heavy atom. The summed E-state index contributed by atoms with van der Waals surface area (Å²) in [5.74, 6) is 0.587. The first-order valence-electron chi connectivity index (χ1n) is 6.94. The number of hydrogen-bond donors (Lipinski definition) is 2. The number of fused-ring (bicyclic) bond motifs is 1.